The molecule has 0 radical (unpaired) electrons. The van der Waals surface area contributed by atoms with Crippen molar-refractivity contribution in [2.24, 2.45) is 0 Å². The summed E-state index contributed by atoms with van der Waals surface area (Å²) in [6.07, 6.45) is 2.09. The number of carbonyl (C=O) groups excluding carboxylic acids is 1. The number of hydrogen-bond acceptors (Lipinski definition) is 3. The summed E-state index contributed by atoms with van der Waals surface area (Å²) >= 11 is 0. The van der Waals surface area contributed by atoms with E-state index in [9.17, 15) is 9.59 Å². The van der Waals surface area contributed by atoms with Crippen LogP contribution in [-0.4, -0.2) is 24.5 Å². The first-order valence-corrected chi connectivity index (χ1v) is 7.71. The molecule has 1 amide bonds. The molecule has 1 aromatic heterocycles. The number of rotatable bonds is 5. The van der Waals surface area contributed by atoms with Crippen LogP contribution in [0.2, 0.25) is 0 Å². The topological polar surface area (TPSA) is 71.2 Å². The number of amides is 1. The summed E-state index contributed by atoms with van der Waals surface area (Å²) in [5.41, 5.74) is 1.58. The molecule has 5 nitrogen and oxygen atoms in total. The predicted molar refractivity (Wildman–Crippen MR) is 93.6 cm³/mol. The van der Waals surface area contributed by atoms with Crippen LogP contribution in [0.4, 0.5) is 0 Å². The Labute approximate surface area is 139 Å². The maximum atomic E-state index is 12.4. The number of benzene rings is 2. The molecule has 24 heavy (non-hydrogen) atoms. The van der Waals surface area contributed by atoms with Gasteiger partial charge in [0.2, 0.25) is 5.43 Å². The molecule has 0 atom stereocenters. The highest BCUT2D eigenvalue weighted by molar-refractivity contribution is 5.97. The first-order valence-electron chi connectivity index (χ1n) is 7.71. The first kappa shape index (κ1) is 15.8. The second-order valence-corrected chi connectivity index (χ2v) is 5.39. The van der Waals surface area contributed by atoms with Crippen molar-refractivity contribution in [2.45, 2.75) is 6.42 Å². The van der Waals surface area contributed by atoms with Gasteiger partial charge in [0.25, 0.3) is 5.91 Å². The van der Waals surface area contributed by atoms with Crippen molar-refractivity contribution < 1.29 is 9.53 Å². The third kappa shape index (κ3) is 3.15. The number of ether oxygens (including phenoxy) is 1. The lowest BCUT2D eigenvalue weighted by Crippen LogP contribution is -2.30. The van der Waals surface area contributed by atoms with Crippen LogP contribution < -0.4 is 15.5 Å². The van der Waals surface area contributed by atoms with Gasteiger partial charge in [0.15, 0.2) is 0 Å². The molecular formula is C19H18N2O3. The summed E-state index contributed by atoms with van der Waals surface area (Å²) in [5.74, 6) is 0.409. The molecule has 5 heteroatoms. The Morgan fingerprint density at radius 2 is 1.88 bits per heavy atom. The number of H-pyrrole nitrogens is 1. The highest BCUT2D eigenvalue weighted by Crippen LogP contribution is 2.17. The number of aromatic amines is 1. The lowest BCUT2D eigenvalue weighted by Gasteiger charge is -2.09. The molecule has 0 saturated heterocycles. The molecule has 0 unspecified atom stereocenters. The summed E-state index contributed by atoms with van der Waals surface area (Å²) in [6, 6.07) is 14.8. The van der Waals surface area contributed by atoms with Gasteiger partial charge in [0, 0.05) is 23.6 Å². The fourth-order valence-corrected chi connectivity index (χ4v) is 2.65. The van der Waals surface area contributed by atoms with Crippen LogP contribution in [0.1, 0.15) is 15.9 Å². The molecular weight excluding hydrogens is 304 g/mol. The molecule has 0 fully saturated rings. The molecule has 0 spiro atoms. The fraction of sp³-hybridized carbons (Fsp3) is 0.158. The van der Waals surface area contributed by atoms with Crippen LogP contribution >= 0.6 is 0 Å². The van der Waals surface area contributed by atoms with Crippen LogP contribution in [0.5, 0.6) is 5.75 Å². The zero-order valence-corrected chi connectivity index (χ0v) is 13.3. The van der Waals surface area contributed by atoms with E-state index in [1.165, 1.54) is 6.20 Å². The highest BCUT2D eigenvalue weighted by atomic mass is 16.5. The third-order valence-electron chi connectivity index (χ3n) is 3.91. The van der Waals surface area contributed by atoms with Crippen molar-refractivity contribution in [3.63, 3.8) is 0 Å². The fourth-order valence-electron chi connectivity index (χ4n) is 2.65. The third-order valence-corrected chi connectivity index (χ3v) is 3.91. The predicted octanol–water partition coefficient (Wildman–Crippen LogP) is 2.51. The van der Waals surface area contributed by atoms with Gasteiger partial charge in [-0.2, -0.15) is 0 Å². The summed E-state index contributed by atoms with van der Waals surface area (Å²) < 4.78 is 5.29. The quantitative estimate of drug-likeness (QED) is 0.758. The van der Waals surface area contributed by atoms with Crippen molar-refractivity contribution in [3.8, 4) is 5.75 Å². The number of carbonyl (C=O) groups is 1. The average Bonchev–Trinajstić information content (AvgIpc) is 2.62. The number of pyridine rings is 1. The second-order valence-electron chi connectivity index (χ2n) is 5.39. The van der Waals surface area contributed by atoms with Crippen molar-refractivity contribution in [2.75, 3.05) is 13.7 Å². The zero-order chi connectivity index (χ0) is 16.9. The van der Waals surface area contributed by atoms with Gasteiger partial charge in [-0.1, -0.05) is 30.3 Å². The normalized spacial score (nSPS) is 10.5. The highest BCUT2D eigenvalue weighted by Gasteiger charge is 2.12. The van der Waals surface area contributed by atoms with Crippen LogP contribution in [0.3, 0.4) is 0 Å². The van der Waals surface area contributed by atoms with E-state index in [0.29, 0.717) is 23.9 Å². The number of methoxy groups -OCH3 is 1. The van der Waals surface area contributed by atoms with Gasteiger partial charge in [0.1, 0.15) is 11.3 Å². The lowest BCUT2D eigenvalue weighted by molar-refractivity contribution is 0.0953. The Morgan fingerprint density at radius 3 is 2.71 bits per heavy atom. The average molecular weight is 322 g/mol. The summed E-state index contributed by atoms with van der Waals surface area (Å²) in [4.78, 5) is 27.7. The monoisotopic (exact) mass is 322 g/mol. The minimum Gasteiger partial charge on any atom is -0.496 e. The van der Waals surface area contributed by atoms with Crippen LogP contribution in [0.25, 0.3) is 10.9 Å². The van der Waals surface area contributed by atoms with Crippen molar-refractivity contribution in [1.29, 1.82) is 0 Å². The zero-order valence-electron chi connectivity index (χ0n) is 13.3. The Kier molecular flexibility index (Phi) is 4.61. The van der Waals surface area contributed by atoms with Crippen LogP contribution in [0.15, 0.2) is 59.5 Å². The summed E-state index contributed by atoms with van der Waals surface area (Å²) in [5, 5.41) is 3.30. The van der Waals surface area contributed by atoms with E-state index in [1.807, 2.05) is 30.3 Å². The largest absolute Gasteiger partial charge is 0.496 e. The molecule has 122 valence electrons. The number of nitrogens with one attached hydrogen (secondary N) is 2. The Morgan fingerprint density at radius 1 is 1.12 bits per heavy atom. The van der Waals surface area contributed by atoms with E-state index in [1.54, 1.807) is 25.3 Å². The minimum absolute atomic E-state index is 0.119. The SMILES string of the molecule is COc1ccccc1CCNC(=O)c1c[nH]c2ccccc2c1=O. The molecule has 3 rings (SSSR count). The maximum absolute atomic E-state index is 12.4. The van der Waals surface area contributed by atoms with Gasteiger partial charge in [-0.05, 0) is 30.2 Å². The molecule has 0 aliphatic carbocycles. The van der Waals surface area contributed by atoms with Gasteiger partial charge in [-0.3, -0.25) is 9.59 Å². The number of para-hydroxylation sites is 2. The van der Waals surface area contributed by atoms with E-state index >= 15 is 0 Å². The summed E-state index contributed by atoms with van der Waals surface area (Å²) in [6.45, 7) is 0.422. The van der Waals surface area contributed by atoms with E-state index in [-0.39, 0.29) is 16.9 Å². The molecule has 0 saturated carbocycles. The standard InChI is InChI=1S/C19H18N2O3/c1-24-17-9-5-2-6-13(17)10-11-20-19(23)15-12-21-16-8-4-3-7-14(16)18(15)22/h2-9,12H,10-11H2,1H3,(H,20,23)(H,21,22). The van der Waals surface area contributed by atoms with Crippen LogP contribution in [-0.2, 0) is 6.42 Å². The molecule has 1 heterocycles. The molecule has 2 aromatic carbocycles. The van der Waals surface area contributed by atoms with Gasteiger partial charge < -0.3 is 15.0 Å². The van der Waals surface area contributed by atoms with E-state index in [4.69, 9.17) is 4.74 Å². The van der Waals surface area contributed by atoms with Crippen molar-refractivity contribution in [3.05, 3.63) is 76.1 Å². The number of hydrogen-bond donors (Lipinski definition) is 2. The van der Waals surface area contributed by atoms with Gasteiger partial charge in [0.05, 0.1) is 7.11 Å². The van der Waals surface area contributed by atoms with Crippen molar-refractivity contribution in [1.82, 2.24) is 10.3 Å². The number of aromatic nitrogens is 1. The molecule has 2 N–H and O–H groups in total. The first-order chi connectivity index (χ1) is 11.7. The Hall–Kier alpha value is -3.08. The summed E-state index contributed by atoms with van der Waals surface area (Å²) in [7, 11) is 1.62. The molecule has 0 bridgehead atoms. The second kappa shape index (κ2) is 7.00. The van der Waals surface area contributed by atoms with E-state index < -0.39 is 0 Å². The van der Waals surface area contributed by atoms with E-state index in [0.717, 1.165) is 11.3 Å². The van der Waals surface area contributed by atoms with Gasteiger partial charge in [-0.15, -0.1) is 0 Å². The Bertz CT molecular complexity index is 931. The smallest absolute Gasteiger partial charge is 0.256 e. The molecule has 0 aliphatic rings. The van der Waals surface area contributed by atoms with Crippen molar-refractivity contribution >= 4 is 16.8 Å². The minimum atomic E-state index is -0.378. The van der Waals surface area contributed by atoms with Crippen LogP contribution in [0, 0.1) is 0 Å². The molecule has 0 aliphatic heterocycles. The van der Waals surface area contributed by atoms with E-state index in [2.05, 4.69) is 10.3 Å². The lowest BCUT2D eigenvalue weighted by atomic mass is 10.1. The molecule has 3 aromatic rings. The van der Waals surface area contributed by atoms with Gasteiger partial charge >= 0.3 is 0 Å². The number of fused-ring (bicyclic) bond motifs is 1. The Balaban J connectivity index is 1.72. The maximum Gasteiger partial charge on any atom is 0.256 e. The van der Waals surface area contributed by atoms with Gasteiger partial charge in [-0.25, -0.2) is 0 Å².